The van der Waals surface area contributed by atoms with E-state index in [2.05, 4.69) is 0 Å². The molecule has 0 aliphatic heterocycles. The van der Waals surface area contributed by atoms with E-state index in [1.54, 1.807) is 27.7 Å². The fourth-order valence-electron chi connectivity index (χ4n) is 3.33. The Kier molecular flexibility index (Phi) is 7.48. The number of aryl methyl sites for hydroxylation is 4. The minimum absolute atomic E-state index is 0.223. The highest BCUT2D eigenvalue weighted by Crippen LogP contribution is 2.19. The first-order chi connectivity index (χ1) is 14.9. The first-order valence-corrected chi connectivity index (χ1v) is 9.60. The Labute approximate surface area is 184 Å². The number of hydrogen-bond acceptors (Lipinski definition) is 7. The Morgan fingerprint density at radius 2 is 0.906 bits per heavy atom. The molecule has 0 spiro atoms. The Bertz CT molecular complexity index is 1000. The molecule has 2 aromatic carbocycles. The minimum Gasteiger partial charge on any atom is -0.454 e. The van der Waals surface area contributed by atoms with Gasteiger partial charge in [-0.05, 0) is 74.2 Å². The molecule has 0 fully saturated rings. The number of benzene rings is 2. The van der Waals surface area contributed by atoms with Gasteiger partial charge >= 0.3 is 11.9 Å². The Morgan fingerprint density at radius 1 is 0.625 bits per heavy atom. The predicted molar refractivity (Wildman–Crippen MR) is 114 cm³/mol. The molecule has 0 saturated heterocycles. The van der Waals surface area contributed by atoms with Crippen LogP contribution in [0.15, 0.2) is 24.3 Å². The standard InChI is InChI=1S/C23H24N2O7/c1-11-5-15(20(24)27)6-12(2)18(11)22(29)31-9-17(26)10-32-23(30)19-13(3)7-16(21(25)28)8-14(19)4/h5-8H,9-10H2,1-4H3,(H2,24,27)(H2,25,28). The van der Waals surface area contributed by atoms with Crippen LogP contribution in [0.3, 0.4) is 0 Å². The van der Waals surface area contributed by atoms with Crippen molar-refractivity contribution < 1.29 is 33.4 Å². The zero-order chi connectivity index (χ0) is 24.2. The molecule has 168 valence electrons. The molecule has 4 N–H and O–H groups in total. The quantitative estimate of drug-likeness (QED) is 0.592. The Hall–Kier alpha value is -4.01. The smallest absolute Gasteiger partial charge is 0.339 e. The van der Waals surface area contributed by atoms with Gasteiger partial charge in [-0.2, -0.15) is 0 Å². The van der Waals surface area contributed by atoms with E-state index >= 15 is 0 Å². The SMILES string of the molecule is Cc1cc(C(N)=O)cc(C)c1C(=O)OCC(=O)COC(=O)c1c(C)cc(C(N)=O)cc1C. The average molecular weight is 440 g/mol. The summed E-state index contributed by atoms with van der Waals surface area (Å²) < 4.78 is 10.1. The molecule has 0 aromatic heterocycles. The van der Waals surface area contributed by atoms with Crippen molar-refractivity contribution >= 4 is 29.5 Å². The molecule has 0 bridgehead atoms. The monoisotopic (exact) mass is 440 g/mol. The summed E-state index contributed by atoms with van der Waals surface area (Å²) in [5.74, 6) is -3.36. The van der Waals surface area contributed by atoms with E-state index < -0.39 is 42.7 Å². The second-order valence-corrected chi connectivity index (χ2v) is 7.39. The van der Waals surface area contributed by atoms with Crippen molar-refractivity contribution in [2.75, 3.05) is 13.2 Å². The molecule has 0 aliphatic rings. The van der Waals surface area contributed by atoms with Crippen molar-refractivity contribution in [3.05, 3.63) is 68.8 Å². The first kappa shape index (κ1) is 24.3. The molecule has 2 amide bonds. The first-order valence-electron chi connectivity index (χ1n) is 9.60. The number of amides is 2. The maximum absolute atomic E-state index is 12.4. The Morgan fingerprint density at radius 3 is 1.16 bits per heavy atom. The van der Waals surface area contributed by atoms with Gasteiger partial charge in [-0.25, -0.2) is 9.59 Å². The maximum Gasteiger partial charge on any atom is 0.339 e. The van der Waals surface area contributed by atoms with Crippen molar-refractivity contribution in [3.63, 3.8) is 0 Å². The van der Waals surface area contributed by atoms with E-state index in [9.17, 15) is 24.0 Å². The van der Waals surface area contributed by atoms with Gasteiger partial charge in [0.1, 0.15) is 0 Å². The number of ether oxygens (including phenoxy) is 2. The van der Waals surface area contributed by atoms with Crippen LogP contribution in [0.25, 0.3) is 0 Å². The number of carbonyl (C=O) groups excluding carboxylic acids is 5. The van der Waals surface area contributed by atoms with Crippen LogP contribution in [0, 0.1) is 27.7 Å². The molecular weight excluding hydrogens is 416 g/mol. The lowest BCUT2D eigenvalue weighted by molar-refractivity contribution is -0.125. The third kappa shape index (κ3) is 5.57. The Balaban J connectivity index is 1.98. The highest BCUT2D eigenvalue weighted by molar-refractivity contribution is 5.99. The minimum atomic E-state index is -0.746. The molecule has 9 heteroatoms. The number of ketones is 1. The lowest BCUT2D eigenvalue weighted by atomic mass is 9.99. The van der Waals surface area contributed by atoms with E-state index in [1.807, 2.05) is 0 Å². The molecule has 0 heterocycles. The summed E-state index contributed by atoms with van der Waals surface area (Å²) in [5, 5.41) is 0. The van der Waals surface area contributed by atoms with Crippen molar-refractivity contribution in [1.82, 2.24) is 0 Å². The van der Waals surface area contributed by atoms with Crippen molar-refractivity contribution in [3.8, 4) is 0 Å². The zero-order valence-corrected chi connectivity index (χ0v) is 18.2. The average Bonchev–Trinajstić information content (AvgIpc) is 2.69. The van der Waals surface area contributed by atoms with E-state index in [0.717, 1.165) is 0 Å². The van der Waals surface area contributed by atoms with E-state index in [1.165, 1.54) is 24.3 Å². The lowest BCUT2D eigenvalue weighted by Gasteiger charge is -2.12. The van der Waals surface area contributed by atoms with Crippen LogP contribution in [0.2, 0.25) is 0 Å². The second-order valence-electron chi connectivity index (χ2n) is 7.39. The summed E-state index contributed by atoms with van der Waals surface area (Å²) in [6, 6.07) is 5.85. The molecule has 0 aliphatic carbocycles. The van der Waals surface area contributed by atoms with Gasteiger partial charge in [0, 0.05) is 11.1 Å². The van der Waals surface area contributed by atoms with Crippen LogP contribution >= 0.6 is 0 Å². The van der Waals surface area contributed by atoms with Crippen molar-refractivity contribution in [1.29, 1.82) is 0 Å². The van der Waals surface area contributed by atoms with E-state index in [0.29, 0.717) is 22.3 Å². The van der Waals surface area contributed by atoms with Crippen molar-refractivity contribution in [2.45, 2.75) is 27.7 Å². The van der Waals surface area contributed by atoms with Gasteiger partial charge in [0.15, 0.2) is 13.2 Å². The number of nitrogens with two attached hydrogens (primary N) is 2. The number of esters is 2. The van der Waals surface area contributed by atoms with Crippen LogP contribution in [-0.2, 0) is 14.3 Å². The fourth-order valence-corrected chi connectivity index (χ4v) is 3.33. The number of carbonyl (C=O) groups is 5. The van der Waals surface area contributed by atoms with Gasteiger partial charge in [0.25, 0.3) is 0 Å². The second kappa shape index (κ2) is 9.86. The third-order valence-corrected chi connectivity index (χ3v) is 4.77. The summed E-state index contributed by atoms with van der Waals surface area (Å²) in [5.41, 5.74) is 13.4. The maximum atomic E-state index is 12.4. The lowest BCUT2D eigenvalue weighted by Crippen LogP contribution is -2.22. The van der Waals surface area contributed by atoms with Gasteiger partial charge in [-0.15, -0.1) is 0 Å². The summed E-state index contributed by atoms with van der Waals surface area (Å²) in [7, 11) is 0. The van der Waals surface area contributed by atoms with Gasteiger partial charge < -0.3 is 20.9 Å². The van der Waals surface area contributed by atoms with E-state index in [4.69, 9.17) is 20.9 Å². The molecule has 0 saturated carbocycles. The highest BCUT2D eigenvalue weighted by Gasteiger charge is 2.20. The molecular formula is C23H24N2O7. The fraction of sp³-hybridized carbons (Fsp3) is 0.261. The zero-order valence-electron chi connectivity index (χ0n) is 18.2. The topological polar surface area (TPSA) is 156 Å². The summed E-state index contributed by atoms with van der Waals surface area (Å²) in [4.78, 5) is 59.4. The molecule has 0 radical (unpaired) electrons. The van der Waals surface area contributed by atoms with Crippen LogP contribution in [-0.4, -0.2) is 42.7 Å². The van der Waals surface area contributed by atoms with E-state index in [-0.39, 0.29) is 22.3 Å². The van der Waals surface area contributed by atoms with Gasteiger partial charge in [-0.3, -0.25) is 14.4 Å². The summed E-state index contributed by atoms with van der Waals surface area (Å²) in [6.45, 7) is 5.28. The van der Waals surface area contributed by atoms with Gasteiger partial charge in [0.05, 0.1) is 11.1 Å². The number of hydrogen-bond donors (Lipinski definition) is 2. The molecule has 0 atom stereocenters. The number of primary amides is 2. The third-order valence-electron chi connectivity index (χ3n) is 4.77. The highest BCUT2D eigenvalue weighted by atomic mass is 16.6. The van der Waals surface area contributed by atoms with Gasteiger partial charge in [-0.1, -0.05) is 0 Å². The number of Topliss-reactive ketones (excluding diaryl/α,β-unsaturated/α-hetero) is 1. The van der Waals surface area contributed by atoms with Gasteiger partial charge in [0.2, 0.25) is 17.6 Å². The normalized spacial score (nSPS) is 10.4. The number of rotatable bonds is 8. The van der Waals surface area contributed by atoms with Crippen LogP contribution in [0.4, 0.5) is 0 Å². The van der Waals surface area contributed by atoms with Crippen LogP contribution in [0.5, 0.6) is 0 Å². The molecule has 32 heavy (non-hydrogen) atoms. The largest absolute Gasteiger partial charge is 0.454 e. The molecule has 2 rings (SSSR count). The summed E-state index contributed by atoms with van der Waals surface area (Å²) in [6.07, 6.45) is 0. The predicted octanol–water partition coefficient (Wildman–Crippen LogP) is 1.70. The van der Waals surface area contributed by atoms with Crippen LogP contribution < -0.4 is 11.5 Å². The molecule has 0 unspecified atom stereocenters. The summed E-state index contributed by atoms with van der Waals surface area (Å²) >= 11 is 0. The molecule has 9 nitrogen and oxygen atoms in total. The van der Waals surface area contributed by atoms with Crippen molar-refractivity contribution in [2.24, 2.45) is 11.5 Å². The molecule has 2 aromatic rings. The van der Waals surface area contributed by atoms with Crippen LogP contribution in [0.1, 0.15) is 63.7 Å².